The number of hydrogen-bond acceptors (Lipinski definition) is 5. The molecule has 5 nitrogen and oxygen atoms in total. The molecule has 2 atom stereocenters. The van der Waals surface area contributed by atoms with Crippen molar-refractivity contribution in [1.82, 2.24) is 0 Å². The van der Waals surface area contributed by atoms with Crippen molar-refractivity contribution < 1.29 is 24.1 Å². The Bertz CT molecular complexity index is 840. The predicted octanol–water partition coefficient (Wildman–Crippen LogP) is 4.04. The minimum atomic E-state index is -0.216. The van der Waals surface area contributed by atoms with Gasteiger partial charge in [-0.15, -0.1) is 0 Å². The van der Waals surface area contributed by atoms with Crippen LogP contribution in [0.5, 0.6) is 23.0 Å². The first-order valence-corrected chi connectivity index (χ1v) is 8.48. The average molecular weight is 356 g/mol. The minimum absolute atomic E-state index is 0.0164. The molecule has 138 valence electrons. The van der Waals surface area contributed by atoms with Crippen molar-refractivity contribution in [2.75, 3.05) is 21.3 Å². The first-order chi connectivity index (χ1) is 12.3. The summed E-state index contributed by atoms with van der Waals surface area (Å²) in [6, 6.07) is 10.6. The van der Waals surface area contributed by atoms with Gasteiger partial charge in [0.05, 0.1) is 26.9 Å². The number of methoxy groups -OCH3 is 3. The van der Waals surface area contributed by atoms with Gasteiger partial charge in [-0.05, 0) is 41.3 Å². The van der Waals surface area contributed by atoms with Crippen LogP contribution in [-0.2, 0) is 0 Å². The molecule has 1 N–H and O–H groups in total. The average Bonchev–Trinajstić information content (AvgIpc) is 3.22. The van der Waals surface area contributed by atoms with Gasteiger partial charge in [-0.3, -0.25) is 4.79 Å². The van der Waals surface area contributed by atoms with Gasteiger partial charge in [0.15, 0.2) is 17.3 Å². The molecule has 0 aromatic heterocycles. The van der Waals surface area contributed by atoms with Gasteiger partial charge in [0, 0.05) is 11.8 Å². The molecule has 5 heteroatoms. The van der Waals surface area contributed by atoms with Crippen molar-refractivity contribution in [3.8, 4) is 23.0 Å². The summed E-state index contributed by atoms with van der Waals surface area (Å²) in [6.45, 7) is 4.13. The fraction of sp³-hybridized carbons (Fsp3) is 0.381. The Hall–Kier alpha value is -2.69. The second-order valence-corrected chi connectivity index (χ2v) is 7.14. The molecule has 1 aliphatic rings. The van der Waals surface area contributed by atoms with Crippen LogP contribution in [-0.4, -0.2) is 32.2 Å². The molecule has 0 heterocycles. The van der Waals surface area contributed by atoms with Gasteiger partial charge >= 0.3 is 0 Å². The summed E-state index contributed by atoms with van der Waals surface area (Å²) in [5, 5.41) is 10.1. The van der Waals surface area contributed by atoms with E-state index in [0.717, 1.165) is 5.56 Å². The Morgan fingerprint density at radius 2 is 1.62 bits per heavy atom. The summed E-state index contributed by atoms with van der Waals surface area (Å²) in [6.07, 6.45) is 0. The first kappa shape index (κ1) is 18.1. The number of phenolic OH excluding ortho intramolecular Hbond substituents is 1. The van der Waals surface area contributed by atoms with E-state index < -0.39 is 0 Å². The molecule has 26 heavy (non-hydrogen) atoms. The van der Waals surface area contributed by atoms with E-state index in [2.05, 4.69) is 13.8 Å². The number of aromatic hydroxyl groups is 1. The number of rotatable bonds is 6. The topological polar surface area (TPSA) is 65.0 Å². The number of Topliss-reactive ketones (excluding diaryl/α,β-unsaturated/α-hetero) is 1. The normalized spacial score (nSPS) is 20.3. The summed E-state index contributed by atoms with van der Waals surface area (Å²) in [7, 11) is 4.63. The number of benzene rings is 2. The molecular weight excluding hydrogens is 332 g/mol. The number of ether oxygens (including phenoxy) is 3. The van der Waals surface area contributed by atoms with E-state index >= 15 is 0 Å². The molecule has 2 aromatic carbocycles. The fourth-order valence-corrected chi connectivity index (χ4v) is 3.82. The Morgan fingerprint density at radius 3 is 2.19 bits per heavy atom. The van der Waals surface area contributed by atoms with E-state index in [1.54, 1.807) is 44.6 Å². The molecule has 0 radical (unpaired) electrons. The molecule has 0 aliphatic heterocycles. The molecule has 0 spiro atoms. The summed E-state index contributed by atoms with van der Waals surface area (Å²) in [5.74, 6) is 1.49. The van der Waals surface area contributed by atoms with Crippen molar-refractivity contribution >= 4 is 5.78 Å². The van der Waals surface area contributed by atoms with Crippen LogP contribution in [0.3, 0.4) is 0 Å². The fourth-order valence-electron chi connectivity index (χ4n) is 3.82. The molecule has 1 saturated carbocycles. The van der Waals surface area contributed by atoms with Crippen LogP contribution in [0.4, 0.5) is 0 Å². The second kappa shape index (κ2) is 6.56. The maximum absolute atomic E-state index is 13.2. The lowest BCUT2D eigenvalue weighted by Gasteiger charge is -2.10. The van der Waals surface area contributed by atoms with Crippen LogP contribution in [0.1, 0.15) is 35.7 Å². The third-order valence-electron chi connectivity index (χ3n) is 5.34. The van der Waals surface area contributed by atoms with Gasteiger partial charge in [-0.1, -0.05) is 19.9 Å². The molecule has 0 saturated heterocycles. The Kier molecular flexibility index (Phi) is 4.57. The molecule has 1 fully saturated rings. The lowest BCUT2D eigenvalue weighted by atomic mass is 10.0. The van der Waals surface area contributed by atoms with Crippen LogP contribution < -0.4 is 14.2 Å². The number of hydrogen-bond donors (Lipinski definition) is 1. The Morgan fingerprint density at radius 1 is 0.962 bits per heavy atom. The highest BCUT2D eigenvalue weighted by Crippen LogP contribution is 2.66. The third kappa shape index (κ3) is 2.87. The summed E-state index contributed by atoms with van der Waals surface area (Å²) >= 11 is 0. The van der Waals surface area contributed by atoms with Gasteiger partial charge in [0.25, 0.3) is 0 Å². The van der Waals surface area contributed by atoms with Gasteiger partial charge in [0.1, 0.15) is 11.5 Å². The van der Waals surface area contributed by atoms with Crippen LogP contribution >= 0.6 is 0 Å². The zero-order valence-electron chi connectivity index (χ0n) is 15.7. The molecule has 3 rings (SSSR count). The molecule has 0 bridgehead atoms. The summed E-state index contributed by atoms with van der Waals surface area (Å²) < 4.78 is 15.7. The molecule has 1 aliphatic carbocycles. The van der Waals surface area contributed by atoms with E-state index in [1.807, 2.05) is 6.07 Å². The van der Waals surface area contributed by atoms with E-state index in [4.69, 9.17) is 14.2 Å². The van der Waals surface area contributed by atoms with Crippen LogP contribution in [0, 0.1) is 11.3 Å². The lowest BCUT2D eigenvalue weighted by Crippen LogP contribution is -2.09. The predicted molar refractivity (Wildman–Crippen MR) is 98.5 cm³/mol. The van der Waals surface area contributed by atoms with Crippen LogP contribution in [0.25, 0.3) is 0 Å². The zero-order chi connectivity index (χ0) is 19.1. The highest BCUT2D eigenvalue weighted by molar-refractivity contribution is 6.03. The molecule has 0 amide bonds. The summed E-state index contributed by atoms with van der Waals surface area (Å²) in [5.41, 5.74) is 1.23. The van der Waals surface area contributed by atoms with E-state index in [-0.39, 0.29) is 28.8 Å². The van der Waals surface area contributed by atoms with Gasteiger partial charge < -0.3 is 19.3 Å². The molecule has 2 aromatic rings. The quantitative estimate of drug-likeness (QED) is 0.791. The Balaban J connectivity index is 1.95. The highest BCUT2D eigenvalue weighted by Gasteiger charge is 2.62. The van der Waals surface area contributed by atoms with E-state index in [9.17, 15) is 9.90 Å². The van der Waals surface area contributed by atoms with Crippen molar-refractivity contribution in [3.05, 3.63) is 47.5 Å². The standard InChI is InChI=1S/C21H24O5/c1-21(2)18(12-6-8-17(26-5)15(22)10-12)19(21)20(23)14-11-13(24-3)7-9-16(14)25-4/h6-11,18-19,22H,1-5H3. The van der Waals surface area contributed by atoms with Gasteiger partial charge in [-0.25, -0.2) is 0 Å². The first-order valence-electron chi connectivity index (χ1n) is 8.48. The zero-order valence-corrected chi connectivity index (χ0v) is 15.7. The van der Waals surface area contributed by atoms with Crippen LogP contribution in [0.15, 0.2) is 36.4 Å². The molecular formula is C21H24O5. The largest absolute Gasteiger partial charge is 0.504 e. The highest BCUT2D eigenvalue weighted by atomic mass is 16.5. The smallest absolute Gasteiger partial charge is 0.170 e. The number of ketones is 1. The monoisotopic (exact) mass is 356 g/mol. The van der Waals surface area contributed by atoms with Crippen LogP contribution in [0.2, 0.25) is 0 Å². The third-order valence-corrected chi connectivity index (χ3v) is 5.34. The van der Waals surface area contributed by atoms with Crippen molar-refractivity contribution in [2.45, 2.75) is 19.8 Å². The lowest BCUT2D eigenvalue weighted by molar-refractivity contribution is 0.0948. The minimum Gasteiger partial charge on any atom is -0.504 e. The second-order valence-electron chi connectivity index (χ2n) is 7.14. The van der Waals surface area contributed by atoms with Gasteiger partial charge in [0.2, 0.25) is 0 Å². The Labute approximate surface area is 153 Å². The number of carbonyl (C=O) groups excluding carboxylic acids is 1. The van der Waals surface area contributed by atoms with Gasteiger partial charge in [-0.2, -0.15) is 0 Å². The maximum Gasteiger partial charge on any atom is 0.170 e. The number of phenols is 1. The van der Waals surface area contributed by atoms with Crippen molar-refractivity contribution in [2.24, 2.45) is 11.3 Å². The summed E-state index contributed by atoms with van der Waals surface area (Å²) in [4.78, 5) is 13.2. The van der Waals surface area contributed by atoms with E-state index in [1.165, 1.54) is 7.11 Å². The number of carbonyl (C=O) groups is 1. The van der Waals surface area contributed by atoms with Crippen molar-refractivity contribution in [1.29, 1.82) is 0 Å². The van der Waals surface area contributed by atoms with E-state index in [0.29, 0.717) is 22.8 Å². The van der Waals surface area contributed by atoms with Crippen molar-refractivity contribution in [3.63, 3.8) is 0 Å². The maximum atomic E-state index is 13.2. The molecule has 2 unspecified atom stereocenters. The SMILES string of the molecule is COc1ccc(OC)c(C(=O)C2C(c3ccc(OC)c(O)c3)C2(C)C)c1.